The van der Waals surface area contributed by atoms with Crippen molar-refractivity contribution in [1.82, 2.24) is 23.3 Å². The van der Waals surface area contributed by atoms with Crippen molar-refractivity contribution >= 4 is 119 Å². The zero-order valence-corrected chi connectivity index (χ0v) is 35.7. The van der Waals surface area contributed by atoms with Gasteiger partial charge < -0.3 is 18.3 Å². The molecule has 0 aliphatic carbocycles. The maximum Gasteiger partial charge on any atom is 0.0977 e. The normalized spacial score (nSPS) is 12.3. The van der Waals surface area contributed by atoms with Gasteiger partial charge in [0.1, 0.15) is 0 Å². The quantitative estimate of drug-likeness (QED) is 0.174. The van der Waals surface area contributed by atoms with E-state index in [2.05, 4.69) is 225 Å². The molecule has 0 atom stereocenters. The average molecular weight is 846 g/mol. The Hall–Kier alpha value is -8.45. The second-order valence-electron chi connectivity index (χ2n) is 17.1. The number of hydrogen-bond donors (Lipinski definition) is 0. The minimum Gasteiger partial charge on any atom is -0.309 e. The molecule has 0 aliphatic heterocycles. The molecule has 0 aliphatic rings. The summed E-state index contributed by atoms with van der Waals surface area (Å²) >= 11 is 1.90. The van der Waals surface area contributed by atoms with Crippen LogP contribution in [0.15, 0.2) is 212 Å². The van der Waals surface area contributed by atoms with Crippen LogP contribution in [0.25, 0.3) is 130 Å². The Balaban J connectivity index is 0.967. The lowest BCUT2D eigenvalue weighted by molar-refractivity contribution is 1.16. The van der Waals surface area contributed by atoms with E-state index in [4.69, 9.17) is 4.98 Å². The van der Waals surface area contributed by atoms with Crippen molar-refractivity contribution in [1.29, 1.82) is 0 Å². The molecule has 0 fully saturated rings. The molecule has 6 heterocycles. The number of thiophene rings is 1. The standard InChI is InChI=1S/C59H35N5S/c1-3-14-36(15-4-1)61-47-21-10-7-18-40(47)45-34-38(25-29-50(45)61)63-49-23-12-9-20-44(49)55-52(63)31-27-42-43-28-32-53-56(59(43)65-58(42)55)57-54(24-13-33-60-57)64(53)39-26-30-51-46(35-39)41-19-8-11-22-48(41)62(51)37-16-5-2-6-17-37/h1-35H. The molecule has 65 heavy (non-hydrogen) atoms. The Morgan fingerprint density at radius 2 is 0.692 bits per heavy atom. The first-order valence-corrected chi connectivity index (χ1v) is 22.9. The first-order chi connectivity index (χ1) is 32.3. The van der Waals surface area contributed by atoms with Crippen LogP contribution in [0.3, 0.4) is 0 Å². The Bertz CT molecular complexity index is 4180. The third-order valence-electron chi connectivity index (χ3n) is 13.8. The highest BCUT2D eigenvalue weighted by atomic mass is 32.1. The van der Waals surface area contributed by atoms with Crippen molar-refractivity contribution in [3.05, 3.63) is 212 Å². The van der Waals surface area contributed by atoms with E-state index in [0.29, 0.717) is 0 Å². The molecule has 302 valence electrons. The van der Waals surface area contributed by atoms with Gasteiger partial charge in [0.2, 0.25) is 0 Å². The number of nitrogens with zero attached hydrogens (tertiary/aromatic N) is 5. The summed E-state index contributed by atoms with van der Waals surface area (Å²) in [5, 5.41) is 11.2. The van der Waals surface area contributed by atoms with Crippen LogP contribution in [0.5, 0.6) is 0 Å². The summed E-state index contributed by atoms with van der Waals surface area (Å²) in [7, 11) is 0. The number of hydrogen-bond acceptors (Lipinski definition) is 2. The number of pyridine rings is 1. The molecule has 6 heteroatoms. The zero-order valence-electron chi connectivity index (χ0n) is 34.9. The van der Waals surface area contributed by atoms with Crippen LogP contribution in [0.4, 0.5) is 0 Å². The maximum absolute atomic E-state index is 5.13. The van der Waals surface area contributed by atoms with Gasteiger partial charge in [-0.2, -0.15) is 0 Å². The Morgan fingerprint density at radius 1 is 0.277 bits per heavy atom. The molecule has 0 radical (unpaired) electrons. The number of aromatic nitrogens is 5. The Labute approximate surface area is 375 Å². The Morgan fingerprint density at radius 3 is 1.28 bits per heavy atom. The average Bonchev–Trinajstić information content (AvgIpc) is 4.17. The van der Waals surface area contributed by atoms with Crippen molar-refractivity contribution in [2.75, 3.05) is 0 Å². The molecule has 5 nitrogen and oxygen atoms in total. The fourth-order valence-electron chi connectivity index (χ4n) is 11.1. The van der Waals surface area contributed by atoms with Gasteiger partial charge in [-0.15, -0.1) is 11.3 Å². The van der Waals surface area contributed by atoms with E-state index in [1.807, 2.05) is 17.5 Å². The second kappa shape index (κ2) is 13.0. The fraction of sp³-hybridized carbons (Fsp3) is 0. The largest absolute Gasteiger partial charge is 0.309 e. The van der Waals surface area contributed by atoms with Crippen LogP contribution in [-0.4, -0.2) is 23.3 Å². The topological polar surface area (TPSA) is 32.6 Å². The molecule has 0 saturated carbocycles. The van der Waals surface area contributed by atoms with Crippen molar-refractivity contribution in [2.45, 2.75) is 0 Å². The van der Waals surface area contributed by atoms with Crippen LogP contribution in [0.1, 0.15) is 0 Å². The van der Waals surface area contributed by atoms with Gasteiger partial charge in [0.05, 0.1) is 49.7 Å². The van der Waals surface area contributed by atoms with E-state index in [-0.39, 0.29) is 0 Å². The SMILES string of the molecule is c1ccc(-n2c3ccccc3c3cc(-n4c5ccccc5c5c6sc7c(ccc8c7c7ncccc7n8-c7ccc8c(c7)c7ccccc7n8-c7ccccc7)c6ccc54)ccc32)cc1. The van der Waals surface area contributed by atoms with Gasteiger partial charge >= 0.3 is 0 Å². The van der Waals surface area contributed by atoms with E-state index in [9.17, 15) is 0 Å². The lowest BCUT2D eigenvalue weighted by Gasteiger charge is -2.10. The van der Waals surface area contributed by atoms with Crippen molar-refractivity contribution in [3.8, 4) is 22.7 Å². The summed E-state index contributed by atoms with van der Waals surface area (Å²) in [5.74, 6) is 0. The first kappa shape index (κ1) is 35.1. The van der Waals surface area contributed by atoms with Crippen molar-refractivity contribution in [3.63, 3.8) is 0 Å². The summed E-state index contributed by atoms with van der Waals surface area (Å²) in [4.78, 5) is 5.13. The summed E-state index contributed by atoms with van der Waals surface area (Å²) < 4.78 is 12.2. The molecule has 6 aromatic heterocycles. The predicted molar refractivity (Wildman–Crippen MR) is 274 cm³/mol. The number of benzene rings is 9. The van der Waals surface area contributed by atoms with Gasteiger partial charge in [-0.05, 0) is 103 Å². The molecular formula is C59H35N5S. The predicted octanol–water partition coefficient (Wildman–Crippen LogP) is 15.8. The van der Waals surface area contributed by atoms with E-state index < -0.39 is 0 Å². The number of para-hydroxylation sites is 5. The van der Waals surface area contributed by atoms with Crippen molar-refractivity contribution < 1.29 is 0 Å². The highest BCUT2D eigenvalue weighted by molar-refractivity contribution is 7.27. The van der Waals surface area contributed by atoms with E-state index in [1.165, 1.54) is 91.0 Å². The molecule has 0 amide bonds. The molecule has 0 saturated heterocycles. The van der Waals surface area contributed by atoms with Crippen LogP contribution in [0, 0.1) is 0 Å². The molecule has 15 rings (SSSR count). The van der Waals surface area contributed by atoms with E-state index >= 15 is 0 Å². The number of rotatable bonds is 4. The van der Waals surface area contributed by atoms with Crippen LogP contribution in [0.2, 0.25) is 0 Å². The summed E-state index contributed by atoms with van der Waals surface area (Å²) in [6.45, 7) is 0. The molecular weight excluding hydrogens is 811 g/mol. The molecule has 0 spiro atoms. The second-order valence-corrected chi connectivity index (χ2v) is 18.1. The molecule has 0 bridgehead atoms. The highest BCUT2D eigenvalue weighted by Crippen LogP contribution is 2.48. The van der Waals surface area contributed by atoms with Crippen LogP contribution < -0.4 is 0 Å². The van der Waals surface area contributed by atoms with Crippen molar-refractivity contribution in [2.24, 2.45) is 0 Å². The molecule has 15 aromatic rings. The smallest absolute Gasteiger partial charge is 0.0977 e. The van der Waals surface area contributed by atoms with Gasteiger partial charge in [-0.1, -0.05) is 103 Å². The third kappa shape index (κ3) is 4.73. The van der Waals surface area contributed by atoms with Gasteiger partial charge in [0.25, 0.3) is 0 Å². The van der Waals surface area contributed by atoms with Gasteiger partial charge in [-0.3, -0.25) is 4.98 Å². The van der Waals surface area contributed by atoms with Gasteiger partial charge in [0.15, 0.2) is 0 Å². The molecule has 9 aromatic carbocycles. The van der Waals surface area contributed by atoms with Gasteiger partial charge in [0, 0.05) is 86.8 Å². The number of fused-ring (bicyclic) bond motifs is 17. The minimum atomic E-state index is 1.02. The molecule has 0 unspecified atom stereocenters. The Kier molecular flexibility index (Phi) is 7.04. The molecule has 0 N–H and O–H groups in total. The maximum atomic E-state index is 5.13. The minimum absolute atomic E-state index is 1.02. The summed E-state index contributed by atoms with van der Waals surface area (Å²) in [6.07, 6.45) is 1.94. The van der Waals surface area contributed by atoms with E-state index in [0.717, 1.165) is 39.3 Å². The summed E-state index contributed by atoms with van der Waals surface area (Å²) in [6, 6.07) is 75.3. The monoisotopic (exact) mass is 845 g/mol. The lowest BCUT2D eigenvalue weighted by atomic mass is 10.1. The third-order valence-corrected chi connectivity index (χ3v) is 15.0. The highest BCUT2D eigenvalue weighted by Gasteiger charge is 2.23. The lowest BCUT2D eigenvalue weighted by Crippen LogP contribution is -1.95. The fourth-order valence-corrected chi connectivity index (χ4v) is 12.5. The summed E-state index contributed by atoms with van der Waals surface area (Å²) in [5.41, 5.74) is 15.1. The van der Waals surface area contributed by atoms with Crippen LogP contribution >= 0.6 is 11.3 Å². The first-order valence-electron chi connectivity index (χ1n) is 22.1. The zero-order chi connectivity index (χ0) is 42.3. The van der Waals surface area contributed by atoms with E-state index in [1.54, 1.807) is 0 Å². The van der Waals surface area contributed by atoms with Crippen LogP contribution in [-0.2, 0) is 0 Å². The van der Waals surface area contributed by atoms with Gasteiger partial charge in [-0.25, -0.2) is 0 Å².